The van der Waals surface area contributed by atoms with Crippen molar-refractivity contribution in [1.29, 1.82) is 0 Å². The van der Waals surface area contributed by atoms with Crippen molar-refractivity contribution in [3.8, 4) is 0 Å². The second-order valence-electron chi connectivity index (χ2n) is 9.78. The fourth-order valence-corrected chi connectivity index (χ4v) is 24.8. The van der Waals surface area contributed by atoms with Crippen molar-refractivity contribution in [3.63, 3.8) is 0 Å². The van der Waals surface area contributed by atoms with Gasteiger partial charge in [-0.2, -0.15) is 0 Å². The van der Waals surface area contributed by atoms with Gasteiger partial charge in [-0.25, -0.2) is 0 Å². The molecule has 0 nitrogen and oxygen atoms in total. The van der Waals surface area contributed by atoms with Crippen LogP contribution in [0, 0.1) is 0 Å². The van der Waals surface area contributed by atoms with E-state index in [0.29, 0.717) is 0 Å². The molecule has 0 radical (unpaired) electrons. The number of aryl methyl sites for hydroxylation is 1. The first kappa shape index (κ1) is 28.5. The fraction of sp³-hybridized carbons (Fsp3) is 0.857. The standard InChI is InChI=1S/C16H27S.3C4H9.Sn/c1-2-3-4-5-6-7-8-9-10-11-13-16-14-12-15-17-16;3*1-3-4-2;/h12,15H,2-11,13H2,1H3;3*1,3-4H2,2H3;. The summed E-state index contributed by atoms with van der Waals surface area (Å²) in [6.07, 6.45) is 24.5. The number of hydrogen-bond acceptors (Lipinski definition) is 1. The van der Waals surface area contributed by atoms with Gasteiger partial charge in [0.2, 0.25) is 0 Å². The van der Waals surface area contributed by atoms with Gasteiger partial charge in [0.05, 0.1) is 0 Å². The Kier molecular flexibility index (Phi) is 18.1. The Labute approximate surface area is 198 Å². The molecule has 0 unspecified atom stereocenters. The van der Waals surface area contributed by atoms with E-state index in [0.717, 1.165) is 0 Å². The minimum absolute atomic E-state index is 1.37. The van der Waals surface area contributed by atoms with Crippen LogP contribution in [0.2, 0.25) is 13.3 Å². The third kappa shape index (κ3) is 11.4. The molecule has 0 aromatic carbocycles. The summed E-state index contributed by atoms with van der Waals surface area (Å²) in [7, 11) is 0. The molecule has 0 aliphatic rings. The van der Waals surface area contributed by atoms with Gasteiger partial charge < -0.3 is 0 Å². The van der Waals surface area contributed by atoms with E-state index in [1.54, 1.807) is 13.3 Å². The predicted molar refractivity (Wildman–Crippen MR) is 144 cm³/mol. The molecule has 30 heavy (non-hydrogen) atoms. The normalized spacial score (nSPS) is 12.0. The summed E-state index contributed by atoms with van der Waals surface area (Å²) < 4.78 is 6.83. The predicted octanol–water partition coefficient (Wildman–Crippen LogP) is 10.3. The topological polar surface area (TPSA) is 0 Å². The van der Waals surface area contributed by atoms with E-state index in [1.165, 1.54) is 109 Å². The summed E-state index contributed by atoms with van der Waals surface area (Å²) in [5, 5.41) is 2.45. The second kappa shape index (κ2) is 19.0. The van der Waals surface area contributed by atoms with Gasteiger partial charge in [0.15, 0.2) is 0 Å². The van der Waals surface area contributed by atoms with Crippen LogP contribution >= 0.6 is 11.3 Å². The third-order valence-electron chi connectivity index (χ3n) is 7.10. The van der Waals surface area contributed by atoms with Crippen LogP contribution in [0.25, 0.3) is 0 Å². The zero-order valence-corrected chi connectivity index (χ0v) is 24.9. The average Bonchev–Trinajstić information content (AvgIpc) is 3.24. The Balaban J connectivity index is 2.55. The van der Waals surface area contributed by atoms with Crippen LogP contribution in [0.4, 0.5) is 0 Å². The van der Waals surface area contributed by atoms with Crippen LogP contribution in [-0.2, 0) is 6.42 Å². The molecule has 0 saturated carbocycles. The van der Waals surface area contributed by atoms with Crippen molar-refractivity contribution in [2.24, 2.45) is 0 Å². The van der Waals surface area contributed by atoms with Crippen molar-refractivity contribution >= 4 is 33.3 Å². The maximum atomic E-state index is 2.62. The van der Waals surface area contributed by atoms with E-state index in [4.69, 9.17) is 0 Å². The quantitative estimate of drug-likeness (QED) is 0.107. The SMILES string of the molecule is CCCCCCCCCCCCc1scc[c]1[Sn]([CH2]CCC)([CH2]CCC)[CH2]CCC. The molecule has 1 rings (SSSR count). The van der Waals surface area contributed by atoms with Crippen LogP contribution in [0.15, 0.2) is 11.4 Å². The van der Waals surface area contributed by atoms with Gasteiger partial charge in [-0.05, 0) is 0 Å². The van der Waals surface area contributed by atoms with Crippen LogP contribution < -0.4 is 3.58 Å². The van der Waals surface area contributed by atoms with Crippen molar-refractivity contribution in [2.45, 2.75) is 150 Å². The van der Waals surface area contributed by atoms with E-state index in [1.807, 2.05) is 8.46 Å². The number of rotatable bonds is 21. The second-order valence-corrected chi connectivity index (χ2v) is 23.9. The van der Waals surface area contributed by atoms with Gasteiger partial charge in [0.25, 0.3) is 0 Å². The molecule has 2 heteroatoms. The first-order chi connectivity index (χ1) is 14.7. The summed E-state index contributed by atoms with van der Waals surface area (Å²) in [6, 6.07) is 2.62. The minimum atomic E-state index is -2.23. The first-order valence-electron chi connectivity index (χ1n) is 13.8. The molecule has 1 aromatic rings. The summed E-state index contributed by atoms with van der Waals surface area (Å²) in [6.45, 7) is 9.50. The molecule has 176 valence electrons. The van der Waals surface area contributed by atoms with E-state index in [2.05, 4.69) is 50.5 Å². The molecular formula is C28H54SSn. The molecule has 0 spiro atoms. The van der Waals surface area contributed by atoms with Crippen molar-refractivity contribution in [2.75, 3.05) is 0 Å². The third-order valence-corrected chi connectivity index (χ3v) is 24.4. The van der Waals surface area contributed by atoms with Crippen molar-refractivity contribution in [3.05, 3.63) is 16.3 Å². The van der Waals surface area contributed by atoms with Crippen LogP contribution in [0.3, 0.4) is 0 Å². The molecule has 0 bridgehead atoms. The van der Waals surface area contributed by atoms with E-state index < -0.39 is 18.4 Å². The van der Waals surface area contributed by atoms with Crippen molar-refractivity contribution in [1.82, 2.24) is 0 Å². The van der Waals surface area contributed by atoms with Crippen LogP contribution in [-0.4, -0.2) is 18.4 Å². The van der Waals surface area contributed by atoms with Gasteiger partial charge in [-0.3, -0.25) is 0 Å². The average molecular weight is 542 g/mol. The van der Waals surface area contributed by atoms with Crippen LogP contribution in [0.1, 0.15) is 135 Å². The molecule has 1 aromatic heterocycles. The van der Waals surface area contributed by atoms with Gasteiger partial charge in [0, 0.05) is 0 Å². The Bertz CT molecular complexity index is 471. The van der Waals surface area contributed by atoms with Gasteiger partial charge in [-0.1, -0.05) is 13.3 Å². The summed E-state index contributed by atoms with van der Waals surface area (Å²) in [5.74, 6) is 0. The Morgan fingerprint density at radius 2 is 1.00 bits per heavy atom. The molecule has 0 fully saturated rings. The monoisotopic (exact) mass is 542 g/mol. The molecule has 0 atom stereocenters. The Morgan fingerprint density at radius 3 is 1.47 bits per heavy atom. The summed E-state index contributed by atoms with van der Waals surface area (Å²) in [5.41, 5.74) is 0. The van der Waals surface area contributed by atoms with Crippen LogP contribution in [0.5, 0.6) is 0 Å². The molecule has 1 heterocycles. The first-order valence-corrected chi connectivity index (χ1v) is 22.2. The van der Waals surface area contributed by atoms with E-state index in [9.17, 15) is 0 Å². The van der Waals surface area contributed by atoms with Gasteiger partial charge in [-0.15, -0.1) is 0 Å². The number of unbranched alkanes of at least 4 members (excludes halogenated alkanes) is 12. The van der Waals surface area contributed by atoms with E-state index >= 15 is 0 Å². The summed E-state index contributed by atoms with van der Waals surface area (Å²) >= 11 is -0.117. The fourth-order valence-electron chi connectivity index (χ4n) is 5.10. The van der Waals surface area contributed by atoms with Gasteiger partial charge in [0.1, 0.15) is 0 Å². The van der Waals surface area contributed by atoms with E-state index in [-0.39, 0.29) is 0 Å². The zero-order chi connectivity index (χ0) is 21.9. The zero-order valence-electron chi connectivity index (χ0n) is 21.2. The summed E-state index contributed by atoms with van der Waals surface area (Å²) in [4.78, 5) is 1.83. The Hall–Kier alpha value is 0.499. The molecule has 0 aliphatic carbocycles. The molecular weight excluding hydrogens is 487 g/mol. The van der Waals surface area contributed by atoms with Crippen molar-refractivity contribution < 1.29 is 0 Å². The molecule has 0 N–H and O–H groups in total. The molecule has 0 aliphatic heterocycles. The van der Waals surface area contributed by atoms with Gasteiger partial charge >= 0.3 is 186 Å². The maximum absolute atomic E-state index is 2.62. The molecule has 0 saturated heterocycles. The number of thiophene rings is 1. The Morgan fingerprint density at radius 1 is 0.567 bits per heavy atom. The molecule has 0 amide bonds. The number of hydrogen-bond donors (Lipinski definition) is 0.